The van der Waals surface area contributed by atoms with E-state index in [2.05, 4.69) is 35.9 Å². The fraction of sp³-hybridized carbons (Fsp3) is 0.308. The molecule has 2 aromatic carbocycles. The van der Waals surface area contributed by atoms with Crippen LogP contribution in [-0.4, -0.2) is 55.6 Å². The lowest BCUT2D eigenvalue weighted by Crippen LogP contribution is -2.23. The number of carbonyl (C=O) groups is 2. The Kier molecular flexibility index (Phi) is 9.90. The van der Waals surface area contributed by atoms with E-state index in [1.807, 2.05) is 0 Å². The van der Waals surface area contributed by atoms with E-state index in [-0.39, 0.29) is 29.5 Å². The van der Waals surface area contributed by atoms with Crippen LogP contribution in [0, 0.1) is 0 Å². The molecular weight excluding hydrogens is 579 g/mol. The minimum atomic E-state index is -4.82. The highest BCUT2D eigenvalue weighted by Crippen LogP contribution is 2.25. The number of nitrogens with one attached hydrogen (secondary N) is 2. The number of unbranched alkanes of at least 4 members (excludes halogenated alkanes) is 1. The summed E-state index contributed by atoms with van der Waals surface area (Å²) in [5, 5.41) is 31.8. The maximum absolute atomic E-state index is 12.5. The van der Waals surface area contributed by atoms with Gasteiger partial charge in [-0.15, -0.1) is 28.5 Å². The van der Waals surface area contributed by atoms with Crippen molar-refractivity contribution >= 4 is 28.3 Å². The van der Waals surface area contributed by atoms with Crippen molar-refractivity contribution in [1.29, 1.82) is 0 Å². The highest BCUT2D eigenvalue weighted by atomic mass is 32.1. The molecule has 16 heteroatoms. The molecule has 0 saturated carbocycles. The van der Waals surface area contributed by atoms with Gasteiger partial charge in [0.15, 0.2) is 5.69 Å². The molecule has 222 valence electrons. The minimum absolute atomic E-state index is 0.0599. The number of benzene rings is 2. The number of alkyl halides is 3. The van der Waals surface area contributed by atoms with Crippen molar-refractivity contribution in [2.24, 2.45) is 0 Å². The van der Waals surface area contributed by atoms with Gasteiger partial charge in [-0.05, 0) is 42.7 Å². The number of halogens is 3. The lowest BCUT2D eigenvalue weighted by molar-refractivity contribution is -0.274. The molecule has 2 heterocycles. The molecule has 0 aliphatic rings. The second-order valence-electron chi connectivity index (χ2n) is 8.92. The summed E-state index contributed by atoms with van der Waals surface area (Å²) in [5.41, 5.74) is 1.21. The lowest BCUT2D eigenvalue weighted by Gasteiger charge is -2.09. The molecule has 3 N–H and O–H groups in total. The van der Waals surface area contributed by atoms with Gasteiger partial charge in [0.05, 0.1) is 19.7 Å². The largest absolute Gasteiger partial charge is 0.573 e. The van der Waals surface area contributed by atoms with Gasteiger partial charge in [-0.1, -0.05) is 28.7 Å². The van der Waals surface area contributed by atoms with Crippen molar-refractivity contribution in [3.8, 4) is 17.2 Å². The van der Waals surface area contributed by atoms with Crippen LogP contribution < -0.4 is 20.1 Å². The number of ether oxygens (including phenoxy) is 2. The maximum Gasteiger partial charge on any atom is 0.573 e. The lowest BCUT2D eigenvalue weighted by atomic mass is 10.1. The zero-order valence-corrected chi connectivity index (χ0v) is 23.0. The second-order valence-corrected chi connectivity index (χ2v) is 9.99. The number of aryl methyl sites for hydroxylation is 2. The van der Waals surface area contributed by atoms with E-state index in [9.17, 15) is 27.9 Å². The van der Waals surface area contributed by atoms with Crippen molar-refractivity contribution in [3.05, 3.63) is 70.5 Å². The molecule has 0 saturated heterocycles. The third-order valence-corrected chi connectivity index (χ3v) is 6.62. The average molecular weight is 606 g/mol. The summed E-state index contributed by atoms with van der Waals surface area (Å²) in [6, 6.07) is 9.82. The molecule has 0 radical (unpaired) electrons. The Bertz CT molecular complexity index is 1530. The molecule has 0 unspecified atom stereocenters. The zero-order valence-electron chi connectivity index (χ0n) is 22.2. The summed E-state index contributed by atoms with van der Waals surface area (Å²) in [4.78, 5) is 24.8. The number of phenols is 1. The Balaban J connectivity index is 1.17. The van der Waals surface area contributed by atoms with E-state index in [0.717, 1.165) is 18.6 Å². The van der Waals surface area contributed by atoms with Crippen LogP contribution in [0.1, 0.15) is 39.5 Å². The molecule has 0 bridgehead atoms. The Morgan fingerprint density at radius 2 is 1.93 bits per heavy atom. The van der Waals surface area contributed by atoms with Crippen molar-refractivity contribution in [2.75, 3.05) is 12.4 Å². The number of nitrogens with zero attached hydrogens (tertiary/aromatic N) is 5. The Hall–Kier alpha value is -4.73. The summed E-state index contributed by atoms with van der Waals surface area (Å²) >= 11 is 1.21. The molecule has 12 nitrogen and oxygen atoms in total. The summed E-state index contributed by atoms with van der Waals surface area (Å²) in [6.07, 6.45) is -1.38. The first kappa shape index (κ1) is 30.2. The molecule has 0 atom stereocenters. The molecule has 0 aliphatic carbocycles. The molecule has 0 spiro atoms. The summed E-state index contributed by atoms with van der Waals surface area (Å²) in [6.45, 7) is 0.703. The van der Waals surface area contributed by atoms with Crippen molar-refractivity contribution in [3.63, 3.8) is 0 Å². The average Bonchev–Trinajstić information content (AvgIpc) is 3.59. The predicted octanol–water partition coefficient (Wildman–Crippen LogP) is 3.88. The number of amides is 2. The number of anilines is 1. The molecule has 0 fully saturated rings. The fourth-order valence-corrected chi connectivity index (χ4v) is 4.61. The van der Waals surface area contributed by atoms with Gasteiger partial charge in [-0.3, -0.25) is 14.3 Å². The standard InChI is InChI=1S/C26H26F3N7O5S/c1-40-21-13-18(37)9-8-17(21)14-30-24(39)20-15-36(35-32-20)10-3-2-7-23-33-34-25(42-23)31-22(38)12-16-5-4-6-19(11-16)41-26(27,28)29/h4-6,8-9,11,13,15,37H,2-3,7,10,12,14H2,1H3,(H,30,39)(H,31,34,38). The Morgan fingerprint density at radius 3 is 2.71 bits per heavy atom. The molecular formula is C26H26F3N7O5S. The number of aromatic nitrogens is 5. The number of hydrogen-bond donors (Lipinski definition) is 3. The first-order valence-corrected chi connectivity index (χ1v) is 13.4. The highest BCUT2D eigenvalue weighted by molar-refractivity contribution is 7.15. The monoisotopic (exact) mass is 605 g/mol. The summed E-state index contributed by atoms with van der Waals surface area (Å²) in [5.74, 6) is -0.738. The molecule has 0 aliphatic heterocycles. The van der Waals surface area contributed by atoms with Gasteiger partial charge < -0.3 is 25.2 Å². The summed E-state index contributed by atoms with van der Waals surface area (Å²) < 4.78 is 47.9. The number of carbonyl (C=O) groups excluding carboxylic acids is 2. The molecule has 4 aromatic rings. The SMILES string of the molecule is COc1cc(O)ccc1CNC(=O)c1cn(CCCCc2nnc(NC(=O)Cc3cccc(OC(F)(F)F)c3)s2)nn1. The van der Waals surface area contributed by atoms with E-state index in [1.165, 1.54) is 42.7 Å². The predicted molar refractivity (Wildman–Crippen MR) is 144 cm³/mol. The Morgan fingerprint density at radius 1 is 1.10 bits per heavy atom. The van der Waals surface area contributed by atoms with E-state index < -0.39 is 23.9 Å². The van der Waals surface area contributed by atoms with Crippen molar-refractivity contribution in [2.45, 2.75) is 45.1 Å². The number of aromatic hydroxyl groups is 1. The van der Waals surface area contributed by atoms with Gasteiger partial charge >= 0.3 is 6.36 Å². The van der Waals surface area contributed by atoms with Crippen LogP contribution in [-0.2, 0) is 30.7 Å². The van der Waals surface area contributed by atoms with Gasteiger partial charge in [0, 0.05) is 31.1 Å². The fourth-order valence-electron chi connectivity index (χ4n) is 3.81. The third kappa shape index (κ3) is 9.15. The molecule has 2 aromatic heterocycles. The van der Waals surface area contributed by atoms with Crippen LogP contribution in [0.25, 0.3) is 0 Å². The van der Waals surface area contributed by atoms with Crippen LogP contribution >= 0.6 is 11.3 Å². The van der Waals surface area contributed by atoms with Crippen LogP contribution in [0.3, 0.4) is 0 Å². The first-order valence-electron chi connectivity index (χ1n) is 12.6. The number of methoxy groups -OCH3 is 1. The topological polar surface area (TPSA) is 153 Å². The maximum atomic E-state index is 12.5. The quantitative estimate of drug-likeness (QED) is 0.193. The van der Waals surface area contributed by atoms with Crippen LogP contribution in [0.15, 0.2) is 48.7 Å². The van der Waals surface area contributed by atoms with Gasteiger partial charge in [0.25, 0.3) is 5.91 Å². The summed E-state index contributed by atoms with van der Waals surface area (Å²) in [7, 11) is 1.47. The van der Waals surface area contributed by atoms with E-state index in [0.29, 0.717) is 41.3 Å². The van der Waals surface area contributed by atoms with Crippen molar-refractivity contribution in [1.82, 2.24) is 30.5 Å². The van der Waals surface area contributed by atoms with Crippen LogP contribution in [0.5, 0.6) is 17.2 Å². The van der Waals surface area contributed by atoms with Gasteiger partial charge in [0.1, 0.15) is 22.3 Å². The third-order valence-electron chi connectivity index (χ3n) is 5.72. The van der Waals surface area contributed by atoms with Crippen LogP contribution in [0.2, 0.25) is 0 Å². The normalized spacial score (nSPS) is 11.2. The van der Waals surface area contributed by atoms with Crippen LogP contribution in [0.4, 0.5) is 18.3 Å². The Labute approximate surface area is 241 Å². The molecule has 4 rings (SSSR count). The molecule has 42 heavy (non-hydrogen) atoms. The molecule has 2 amide bonds. The van der Waals surface area contributed by atoms with E-state index in [4.69, 9.17) is 4.74 Å². The van der Waals surface area contributed by atoms with E-state index >= 15 is 0 Å². The van der Waals surface area contributed by atoms with Gasteiger partial charge in [-0.2, -0.15) is 0 Å². The highest BCUT2D eigenvalue weighted by Gasteiger charge is 2.31. The van der Waals surface area contributed by atoms with E-state index in [1.54, 1.807) is 16.9 Å². The number of phenolic OH excluding ortho intramolecular Hbond substituents is 1. The minimum Gasteiger partial charge on any atom is -0.508 e. The zero-order chi connectivity index (χ0) is 30.1. The van der Waals surface area contributed by atoms with Gasteiger partial charge in [-0.25, -0.2) is 0 Å². The number of hydrogen-bond acceptors (Lipinski definition) is 10. The second kappa shape index (κ2) is 13.8. The smallest absolute Gasteiger partial charge is 0.508 e. The first-order chi connectivity index (χ1) is 20.1. The van der Waals surface area contributed by atoms with Gasteiger partial charge in [0.2, 0.25) is 11.0 Å². The van der Waals surface area contributed by atoms with Crippen molar-refractivity contribution < 1.29 is 37.3 Å². The number of rotatable bonds is 13.